The van der Waals surface area contributed by atoms with Crippen molar-refractivity contribution in [2.45, 2.75) is 6.92 Å². The van der Waals surface area contributed by atoms with Crippen molar-refractivity contribution < 1.29 is 38.5 Å². The third-order valence-corrected chi connectivity index (χ3v) is 0.842. The maximum atomic E-state index is 8.88. The van der Waals surface area contributed by atoms with Crippen molar-refractivity contribution in [1.82, 2.24) is 5.32 Å². The monoisotopic (exact) mass is 280 g/mol. The van der Waals surface area contributed by atoms with Crippen LogP contribution in [-0.2, 0) is 9.13 Å². The van der Waals surface area contributed by atoms with E-state index in [1.165, 1.54) is 0 Å². The molecule has 1 rings (SSSR count). The molecule has 0 aromatic rings. The molecule has 0 aromatic carbocycles. The van der Waals surface area contributed by atoms with Gasteiger partial charge in [-0.3, -0.25) is 4.99 Å². The van der Waals surface area contributed by atoms with Crippen LogP contribution in [0.25, 0.3) is 0 Å². The number of nitrogens with one attached hydrogen (secondary N) is 1. The van der Waals surface area contributed by atoms with E-state index in [0.717, 1.165) is 18.9 Å². The molecule has 0 bridgehead atoms. The van der Waals surface area contributed by atoms with Crippen LogP contribution in [0.1, 0.15) is 6.92 Å². The number of aliphatic imine (C=N–C) groups is 1. The van der Waals surface area contributed by atoms with Gasteiger partial charge >= 0.3 is 15.6 Å². The molecule has 0 radical (unpaired) electrons. The maximum Gasteiger partial charge on any atom is 0.466 e. The first-order valence-electron chi connectivity index (χ1n) is 3.71. The van der Waals surface area contributed by atoms with Gasteiger partial charge in [0.25, 0.3) is 0 Å². The first-order chi connectivity index (χ1) is 6.89. The summed E-state index contributed by atoms with van der Waals surface area (Å²) in [4.78, 5) is 47.2. The fourth-order valence-electron chi connectivity index (χ4n) is 0.516. The summed E-state index contributed by atoms with van der Waals surface area (Å²) < 4.78 is 17.8. The molecule has 0 unspecified atom stereocenters. The molecule has 1 aliphatic heterocycles. The van der Waals surface area contributed by atoms with Gasteiger partial charge in [0.15, 0.2) is 0 Å². The standard InChI is InChI=1S/C4H8N2.2H3O4P/c1-4-5-2-3-6-4;2*1-5(2,3)4/h2-3H2,1H3,(H,5,6);2*(H3,1,2,3,4). The Kier molecular flexibility index (Phi) is 8.90. The lowest BCUT2D eigenvalue weighted by atomic mass is 10.7. The van der Waals surface area contributed by atoms with E-state index in [9.17, 15) is 0 Å². The molecule has 0 atom stereocenters. The van der Waals surface area contributed by atoms with Crippen LogP contribution in [0.3, 0.4) is 0 Å². The van der Waals surface area contributed by atoms with E-state index >= 15 is 0 Å². The minimum absolute atomic E-state index is 0.964. The number of hydrogen-bond acceptors (Lipinski definition) is 4. The third kappa shape index (κ3) is 49.3. The number of nitrogens with zero attached hydrogens (tertiary/aromatic N) is 1. The SMILES string of the molecule is CC1=NCCN1.O=P(O)(O)O.O=P(O)(O)O. The van der Waals surface area contributed by atoms with Crippen LogP contribution < -0.4 is 5.32 Å². The minimum Gasteiger partial charge on any atom is -0.372 e. The Labute approximate surface area is 91.1 Å². The second-order valence-electron chi connectivity index (χ2n) is 2.42. The van der Waals surface area contributed by atoms with Crippen molar-refractivity contribution in [3.63, 3.8) is 0 Å². The van der Waals surface area contributed by atoms with Crippen LogP contribution in [0.5, 0.6) is 0 Å². The molecule has 0 saturated carbocycles. The van der Waals surface area contributed by atoms with Gasteiger partial charge in [0.1, 0.15) is 0 Å². The lowest BCUT2D eigenvalue weighted by Gasteiger charge is -1.85. The molecule has 98 valence electrons. The predicted octanol–water partition coefficient (Wildman–Crippen LogP) is -1.85. The fraction of sp³-hybridized carbons (Fsp3) is 0.750. The average Bonchev–Trinajstić information content (AvgIpc) is 2.30. The van der Waals surface area contributed by atoms with Crippen LogP contribution in [0, 0.1) is 0 Å². The highest BCUT2D eigenvalue weighted by Gasteiger charge is 2.00. The van der Waals surface area contributed by atoms with Crippen LogP contribution in [0.15, 0.2) is 4.99 Å². The fourth-order valence-corrected chi connectivity index (χ4v) is 0.516. The summed E-state index contributed by atoms with van der Waals surface area (Å²) in [6.07, 6.45) is 0. The van der Waals surface area contributed by atoms with E-state index in [1.54, 1.807) is 0 Å². The molecule has 7 N–H and O–H groups in total. The molecule has 0 saturated heterocycles. The second-order valence-corrected chi connectivity index (χ2v) is 4.47. The average molecular weight is 280 g/mol. The van der Waals surface area contributed by atoms with Gasteiger partial charge in [-0.2, -0.15) is 0 Å². The molecule has 0 spiro atoms. The van der Waals surface area contributed by atoms with E-state index in [-0.39, 0.29) is 0 Å². The molecule has 0 amide bonds. The number of amidine groups is 1. The molecule has 16 heavy (non-hydrogen) atoms. The van der Waals surface area contributed by atoms with Crippen molar-refractivity contribution in [2.75, 3.05) is 13.1 Å². The van der Waals surface area contributed by atoms with E-state index in [2.05, 4.69) is 10.3 Å². The Morgan fingerprint density at radius 3 is 1.44 bits per heavy atom. The molecule has 1 aliphatic rings. The molecule has 10 nitrogen and oxygen atoms in total. The van der Waals surface area contributed by atoms with Crippen molar-refractivity contribution in [2.24, 2.45) is 4.99 Å². The van der Waals surface area contributed by atoms with Gasteiger partial charge < -0.3 is 34.7 Å². The van der Waals surface area contributed by atoms with Gasteiger partial charge in [-0.15, -0.1) is 0 Å². The van der Waals surface area contributed by atoms with Gasteiger partial charge in [0.2, 0.25) is 0 Å². The minimum atomic E-state index is -4.64. The number of rotatable bonds is 0. The zero-order valence-corrected chi connectivity index (χ0v) is 10.0. The summed E-state index contributed by atoms with van der Waals surface area (Å²) in [5.74, 6) is 1.08. The molecule has 12 heteroatoms. The van der Waals surface area contributed by atoms with Gasteiger partial charge in [-0.05, 0) is 6.92 Å². The molecule has 1 heterocycles. The van der Waals surface area contributed by atoms with Crippen LogP contribution >= 0.6 is 15.6 Å². The number of phosphoric acid groups is 2. The molecule has 0 aliphatic carbocycles. The molecule has 0 aromatic heterocycles. The highest BCUT2D eigenvalue weighted by Crippen LogP contribution is 2.26. The van der Waals surface area contributed by atoms with Crippen molar-refractivity contribution in [3.8, 4) is 0 Å². The Hall–Kier alpha value is -0.310. The molecule has 0 fully saturated rings. The van der Waals surface area contributed by atoms with Crippen molar-refractivity contribution >= 4 is 21.5 Å². The van der Waals surface area contributed by atoms with Crippen molar-refractivity contribution in [3.05, 3.63) is 0 Å². The molecular formula is C4H14N2O8P2. The molecular weight excluding hydrogens is 266 g/mol. The van der Waals surface area contributed by atoms with Crippen LogP contribution in [-0.4, -0.2) is 48.3 Å². The predicted molar refractivity (Wildman–Crippen MR) is 54.5 cm³/mol. The second kappa shape index (κ2) is 7.88. The van der Waals surface area contributed by atoms with Crippen molar-refractivity contribution in [1.29, 1.82) is 0 Å². The van der Waals surface area contributed by atoms with Crippen LogP contribution in [0.4, 0.5) is 0 Å². The van der Waals surface area contributed by atoms with Crippen LogP contribution in [0.2, 0.25) is 0 Å². The maximum absolute atomic E-state index is 8.88. The first kappa shape index (κ1) is 18.1. The van der Waals surface area contributed by atoms with Gasteiger partial charge in [0, 0.05) is 6.54 Å². The van der Waals surface area contributed by atoms with E-state index in [1.807, 2.05) is 6.92 Å². The van der Waals surface area contributed by atoms with E-state index in [0.29, 0.717) is 0 Å². The highest BCUT2D eigenvalue weighted by molar-refractivity contribution is 7.45. The topological polar surface area (TPSA) is 180 Å². The first-order valence-corrected chi connectivity index (χ1v) is 6.84. The van der Waals surface area contributed by atoms with E-state index < -0.39 is 15.6 Å². The summed E-state index contributed by atoms with van der Waals surface area (Å²) in [5.41, 5.74) is 0. The van der Waals surface area contributed by atoms with Gasteiger partial charge in [-0.25, -0.2) is 9.13 Å². The summed E-state index contributed by atoms with van der Waals surface area (Å²) in [6, 6.07) is 0. The Morgan fingerprint density at radius 2 is 1.38 bits per heavy atom. The zero-order valence-electron chi connectivity index (χ0n) is 8.26. The quantitative estimate of drug-likeness (QED) is 0.250. The Bertz CT molecular complexity index is 269. The summed E-state index contributed by atoms with van der Waals surface area (Å²) in [7, 11) is -9.28. The zero-order chi connectivity index (χ0) is 13.4. The van der Waals surface area contributed by atoms with E-state index in [4.69, 9.17) is 38.5 Å². The lowest BCUT2D eigenvalue weighted by molar-refractivity contribution is 0.272. The third-order valence-electron chi connectivity index (χ3n) is 0.842. The summed E-state index contributed by atoms with van der Waals surface area (Å²) in [6.45, 7) is 3.98. The Morgan fingerprint density at radius 1 is 1.06 bits per heavy atom. The highest BCUT2D eigenvalue weighted by atomic mass is 31.2. The largest absolute Gasteiger partial charge is 0.466 e. The van der Waals surface area contributed by atoms with Gasteiger partial charge in [0.05, 0.1) is 12.4 Å². The summed E-state index contributed by atoms with van der Waals surface area (Å²) >= 11 is 0. The smallest absolute Gasteiger partial charge is 0.372 e. The normalized spacial score (nSPS) is 14.8. The lowest BCUT2D eigenvalue weighted by Crippen LogP contribution is -2.13. The summed E-state index contributed by atoms with van der Waals surface area (Å²) in [5, 5.41) is 3.07. The Balaban J connectivity index is 0. The number of hydrogen-bond donors (Lipinski definition) is 7. The van der Waals surface area contributed by atoms with Gasteiger partial charge in [-0.1, -0.05) is 0 Å².